The predicted octanol–water partition coefficient (Wildman–Crippen LogP) is 6.79. The molecule has 30 heavy (non-hydrogen) atoms. The summed E-state index contributed by atoms with van der Waals surface area (Å²) >= 11 is 4.87. The molecule has 0 spiro atoms. The Hall–Kier alpha value is -2.38. The van der Waals surface area contributed by atoms with Crippen molar-refractivity contribution in [2.75, 3.05) is 19.0 Å². The molecule has 1 N–H and O–H groups in total. The van der Waals surface area contributed by atoms with Crippen LogP contribution in [0.4, 0.5) is 5.13 Å². The number of rotatable bonds is 10. The van der Waals surface area contributed by atoms with Crippen molar-refractivity contribution in [3.05, 3.63) is 57.9 Å². The number of nitrogens with zero attached hydrogens (tertiary/aromatic N) is 1. The number of benzene rings is 2. The molecule has 1 amide bonds. The molecule has 0 unspecified atom stereocenters. The maximum Gasteiger partial charge on any atom is 0.257 e. The fourth-order valence-electron chi connectivity index (χ4n) is 2.88. The molecular formula is C23H25BrN2O3S. The number of carbonyl (C=O) groups is 1. The van der Waals surface area contributed by atoms with Crippen LogP contribution in [0.1, 0.15) is 43.0 Å². The minimum absolute atomic E-state index is 0.193. The van der Waals surface area contributed by atoms with Gasteiger partial charge in [0.2, 0.25) is 0 Å². The van der Waals surface area contributed by atoms with E-state index in [1.165, 1.54) is 30.6 Å². The first-order chi connectivity index (χ1) is 14.6. The van der Waals surface area contributed by atoms with Gasteiger partial charge in [-0.15, -0.1) is 11.3 Å². The lowest BCUT2D eigenvalue weighted by atomic mass is 10.2. The second kappa shape index (κ2) is 11.1. The molecule has 1 heterocycles. The summed E-state index contributed by atoms with van der Waals surface area (Å²) in [6.45, 7) is 2.89. The summed E-state index contributed by atoms with van der Waals surface area (Å²) in [5.41, 5.74) is 2.31. The van der Waals surface area contributed by atoms with Gasteiger partial charge in [-0.25, -0.2) is 4.98 Å². The van der Waals surface area contributed by atoms with E-state index in [0.29, 0.717) is 17.3 Å². The van der Waals surface area contributed by atoms with Gasteiger partial charge in [0.1, 0.15) is 11.5 Å². The molecule has 0 aliphatic rings. The highest BCUT2D eigenvalue weighted by molar-refractivity contribution is 9.10. The molecule has 0 saturated carbocycles. The van der Waals surface area contributed by atoms with Gasteiger partial charge in [-0.2, -0.15) is 0 Å². The summed E-state index contributed by atoms with van der Waals surface area (Å²) in [5.74, 6) is 1.35. The number of hydrogen-bond donors (Lipinski definition) is 1. The van der Waals surface area contributed by atoms with Crippen molar-refractivity contribution in [1.29, 1.82) is 0 Å². The number of methoxy groups -OCH3 is 1. The van der Waals surface area contributed by atoms with Crippen LogP contribution in [-0.4, -0.2) is 24.6 Å². The van der Waals surface area contributed by atoms with Gasteiger partial charge in [0.15, 0.2) is 5.13 Å². The molecule has 3 aromatic rings. The molecule has 3 rings (SSSR count). The first-order valence-corrected chi connectivity index (χ1v) is 11.6. The molecule has 0 saturated heterocycles. The molecule has 7 heteroatoms. The number of anilines is 1. The van der Waals surface area contributed by atoms with Crippen LogP contribution in [0, 0.1) is 0 Å². The summed E-state index contributed by atoms with van der Waals surface area (Å²) in [6, 6.07) is 13.0. The summed E-state index contributed by atoms with van der Waals surface area (Å²) < 4.78 is 11.8. The van der Waals surface area contributed by atoms with Crippen molar-refractivity contribution < 1.29 is 14.3 Å². The Bertz CT molecular complexity index is 973. The molecule has 0 bridgehead atoms. The van der Waals surface area contributed by atoms with Crippen molar-refractivity contribution in [3.8, 4) is 22.8 Å². The van der Waals surface area contributed by atoms with Gasteiger partial charge in [-0.1, -0.05) is 26.2 Å². The maximum absolute atomic E-state index is 12.5. The molecule has 0 radical (unpaired) electrons. The highest BCUT2D eigenvalue weighted by Gasteiger charge is 2.11. The minimum Gasteiger partial charge on any atom is -0.496 e. The Morgan fingerprint density at radius 2 is 1.93 bits per heavy atom. The fourth-order valence-corrected chi connectivity index (χ4v) is 4.14. The van der Waals surface area contributed by atoms with E-state index < -0.39 is 0 Å². The number of hydrogen-bond acceptors (Lipinski definition) is 5. The zero-order valence-electron chi connectivity index (χ0n) is 17.1. The lowest BCUT2D eigenvalue weighted by Crippen LogP contribution is -2.11. The zero-order valence-corrected chi connectivity index (χ0v) is 19.5. The number of aromatic nitrogens is 1. The molecule has 0 fully saturated rings. The van der Waals surface area contributed by atoms with E-state index in [9.17, 15) is 4.79 Å². The summed E-state index contributed by atoms with van der Waals surface area (Å²) in [4.78, 5) is 17.1. The van der Waals surface area contributed by atoms with E-state index in [4.69, 9.17) is 9.47 Å². The number of amides is 1. The summed E-state index contributed by atoms with van der Waals surface area (Å²) in [7, 11) is 1.63. The Balaban J connectivity index is 1.57. The van der Waals surface area contributed by atoms with Crippen molar-refractivity contribution >= 4 is 38.3 Å². The lowest BCUT2D eigenvalue weighted by Gasteiger charge is -2.07. The molecule has 0 aliphatic carbocycles. The number of unbranched alkanes of at least 4 members (excludes halogenated alkanes) is 3. The zero-order chi connectivity index (χ0) is 21.3. The number of ether oxygens (including phenoxy) is 2. The fraction of sp³-hybridized carbons (Fsp3) is 0.304. The normalized spacial score (nSPS) is 10.6. The summed E-state index contributed by atoms with van der Waals surface area (Å²) in [6.07, 6.45) is 4.67. The molecule has 158 valence electrons. The monoisotopic (exact) mass is 488 g/mol. The van der Waals surface area contributed by atoms with Crippen LogP contribution >= 0.6 is 27.3 Å². The third-order valence-electron chi connectivity index (χ3n) is 4.56. The molecule has 5 nitrogen and oxygen atoms in total. The molecule has 1 aromatic heterocycles. The van der Waals surface area contributed by atoms with Gasteiger partial charge >= 0.3 is 0 Å². The molecular weight excluding hydrogens is 464 g/mol. The number of nitrogens with one attached hydrogen (secondary N) is 1. The van der Waals surface area contributed by atoms with Crippen LogP contribution in [0.15, 0.2) is 52.3 Å². The Kier molecular flexibility index (Phi) is 8.28. The third-order valence-corrected chi connectivity index (χ3v) is 5.93. The topological polar surface area (TPSA) is 60.5 Å². The van der Waals surface area contributed by atoms with Crippen LogP contribution in [-0.2, 0) is 0 Å². The Labute approximate surface area is 189 Å². The van der Waals surface area contributed by atoms with Crippen LogP contribution < -0.4 is 14.8 Å². The van der Waals surface area contributed by atoms with Crippen molar-refractivity contribution in [1.82, 2.24) is 4.98 Å². The highest BCUT2D eigenvalue weighted by atomic mass is 79.9. The second-order valence-electron chi connectivity index (χ2n) is 6.77. The van der Waals surface area contributed by atoms with E-state index >= 15 is 0 Å². The van der Waals surface area contributed by atoms with Crippen molar-refractivity contribution in [2.45, 2.75) is 32.6 Å². The first kappa shape index (κ1) is 22.3. The Morgan fingerprint density at radius 3 is 2.63 bits per heavy atom. The van der Waals surface area contributed by atoms with Crippen LogP contribution in [0.5, 0.6) is 11.5 Å². The number of thiazole rings is 1. The smallest absolute Gasteiger partial charge is 0.257 e. The van der Waals surface area contributed by atoms with Crippen molar-refractivity contribution in [3.63, 3.8) is 0 Å². The second-order valence-corrected chi connectivity index (χ2v) is 8.49. The average molecular weight is 489 g/mol. The van der Waals surface area contributed by atoms with Crippen molar-refractivity contribution in [2.24, 2.45) is 0 Å². The number of carbonyl (C=O) groups excluding carboxylic acids is 1. The molecule has 2 aromatic carbocycles. The van der Waals surface area contributed by atoms with Gasteiger partial charge in [0.05, 0.1) is 23.9 Å². The van der Waals surface area contributed by atoms with Gasteiger partial charge in [0, 0.05) is 16.5 Å². The SMILES string of the molecule is CCCCCCOc1ccc(C(=O)Nc2nc(-c3ccc(OC)c(Br)c3)cs2)cc1. The van der Waals surface area contributed by atoms with Gasteiger partial charge < -0.3 is 9.47 Å². The standard InChI is InChI=1S/C23H25BrN2O3S/c1-3-4-5-6-13-29-18-10-7-16(8-11-18)22(27)26-23-25-20(15-30-23)17-9-12-21(28-2)19(24)14-17/h7-12,14-15H,3-6,13H2,1-2H3,(H,25,26,27). The highest BCUT2D eigenvalue weighted by Crippen LogP contribution is 2.32. The van der Waals surface area contributed by atoms with E-state index in [1.807, 2.05) is 35.7 Å². The predicted molar refractivity (Wildman–Crippen MR) is 126 cm³/mol. The van der Waals surface area contributed by atoms with E-state index in [2.05, 4.69) is 33.2 Å². The first-order valence-electron chi connectivity index (χ1n) is 9.94. The van der Waals surface area contributed by atoms with Gasteiger partial charge in [0.25, 0.3) is 5.91 Å². The van der Waals surface area contributed by atoms with Crippen LogP contribution in [0.25, 0.3) is 11.3 Å². The van der Waals surface area contributed by atoms with E-state index in [1.54, 1.807) is 19.2 Å². The van der Waals surface area contributed by atoms with E-state index in [-0.39, 0.29) is 5.91 Å². The number of halogens is 1. The Morgan fingerprint density at radius 1 is 1.13 bits per heavy atom. The summed E-state index contributed by atoms with van der Waals surface area (Å²) in [5, 5.41) is 5.33. The van der Waals surface area contributed by atoms with Crippen LogP contribution in [0.3, 0.4) is 0 Å². The van der Waals surface area contributed by atoms with Gasteiger partial charge in [-0.05, 0) is 64.8 Å². The molecule has 0 aliphatic heterocycles. The quantitative estimate of drug-likeness (QED) is 0.319. The maximum atomic E-state index is 12.5. The van der Waals surface area contributed by atoms with E-state index in [0.717, 1.165) is 33.6 Å². The van der Waals surface area contributed by atoms with Gasteiger partial charge in [-0.3, -0.25) is 10.1 Å². The lowest BCUT2D eigenvalue weighted by molar-refractivity contribution is 0.102. The third kappa shape index (κ3) is 6.06. The van der Waals surface area contributed by atoms with Crippen LogP contribution in [0.2, 0.25) is 0 Å². The average Bonchev–Trinajstić information content (AvgIpc) is 3.22. The minimum atomic E-state index is -0.193. The molecule has 0 atom stereocenters. The largest absolute Gasteiger partial charge is 0.496 e.